The molecule has 1 fully saturated rings. The molecule has 0 spiro atoms. The van der Waals surface area contributed by atoms with Gasteiger partial charge in [-0.2, -0.15) is 0 Å². The fourth-order valence-electron chi connectivity index (χ4n) is 3.18. The Hall–Kier alpha value is -2.77. The van der Waals surface area contributed by atoms with E-state index in [1.165, 1.54) is 13.8 Å². The van der Waals surface area contributed by atoms with E-state index in [0.717, 1.165) is 4.90 Å². The van der Waals surface area contributed by atoms with Crippen LogP contribution in [0.5, 0.6) is 0 Å². The van der Waals surface area contributed by atoms with Crippen molar-refractivity contribution in [3.8, 4) is 0 Å². The van der Waals surface area contributed by atoms with Crippen molar-refractivity contribution in [3.63, 3.8) is 0 Å². The van der Waals surface area contributed by atoms with E-state index in [1.807, 2.05) is 0 Å². The Kier molecular flexibility index (Phi) is 9.81. The van der Waals surface area contributed by atoms with Crippen LogP contribution in [0.1, 0.15) is 39.5 Å². The second kappa shape index (κ2) is 11.6. The molecule has 6 unspecified atom stereocenters. The average molecular weight is 446 g/mol. The molecule has 1 aliphatic rings. The summed E-state index contributed by atoms with van der Waals surface area (Å²) in [6.07, 6.45) is -2.60. The third-order valence-corrected chi connectivity index (χ3v) is 4.94. The van der Waals surface area contributed by atoms with E-state index >= 15 is 0 Å². The number of amides is 3. The Morgan fingerprint density at radius 2 is 1.61 bits per heavy atom. The number of nitrogens with zero attached hydrogens (tertiary/aromatic N) is 1. The number of carboxylic acid groups (broad SMARTS) is 2. The van der Waals surface area contributed by atoms with E-state index < -0.39 is 66.0 Å². The highest BCUT2D eigenvalue weighted by atomic mass is 16.4. The van der Waals surface area contributed by atoms with Crippen molar-refractivity contribution in [1.82, 2.24) is 15.5 Å². The molecule has 1 saturated heterocycles. The maximum atomic E-state index is 13.0. The minimum atomic E-state index is -1.57. The van der Waals surface area contributed by atoms with Crippen molar-refractivity contribution in [2.75, 3.05) is 6.54 Å². The summed E-state index contributed by atoms with van der Waals surface area (Å²) in [5.74, 6) is -4.97. The smallest absolute Gasteiger partial charge is 0.328 e. The number of aliphatic hydroxyl groups is 2. The predicted octanol–water partition coefficient (Wildman–Crippen LogP) is -3.01. The number of aliphatic carboxylic acids is 2. The zero-order chi connectivity index (χ0) is 23.9. The third kappa shape index (κ3) is 7.45. The zero-order valence-corrected chi connectivity index (χ0v) is 17.4. The largest absolute Gasteiger partial charge is 0.481 e. The summed E-state index contributed by atoms with van der Waals surface area (Å²) in [5, 5.41) is 41.8. The molecule has 6 atom stereocenters. The van der Waals surface area contributed by atoms with E-state index in [-0.39, 0.29) is 25.8 Å². The van der Waals surface area contributed by atoms with E-state index in [1.54, 1.807) is 0 Å². The van der Waals surface area contributed by atoms with Gasteiger partial charge in [-0.05, 0) is 33.1 Å². The number of likely N-dealkylation sites (tertiary alicyclic amines) is 1. The van der Waals surface area contributed by atoms with E-state index in [0.29, 0.717) is 6.42 Å². The van der Waals surface area contributed by atoms with Crippen molar-refractivity contribution in [2.45, 2.75) is 75.9 Å². The van der Waals surface area contributed by atoms with Crippen LogP contribution in [-0.4, -0.2) is 97.9 Å². The van der Waals surface area contributed by atoms with Gasteiger partial charge in [0.15, 0.2) is 6.04 Å². The number of hydrogen-bond acceptors (Lipinski definition) is 8. The van der Waals surface area contributed by atoms with Gasteiger partial charge in [-0.25, -0.2) is 4.79 Å². The molecule has 31 heavy (non-hydrogen) atoms. The first-order valence-electron chi connectivity index (χ1n) is 9.84. The van der Waals surface area contributed by atoms with Crippen LogP contribution in [0.2, 0.25) is 0 Å². The molecule has 0 aromatic carbocycles. The number of rotatable bonds is 11. The quantitative estimate of drug-likeness (QED) is 0.170. The summed E-state index contributed by atoms with van der Waals surface area (Å²) >= 11 is 0. The molecule has 1 heterocycles. The highest BCUT2D eigenvalue weighted by Gasteiger charge is 2.41. The topological polar surface area (TPSA) is 220 Å². The number of carboxylic acids is 2. The molecule has 176 valence electrons. The first-order valence-corrected chi connectivity index (χ1v) is 9.84. The van der Waals surface area contributed by atoms with Gasteiger partial charge in [0.05, 0.1) is 18.2 Å². The summed E-state index contributed by atoms with van der Waals surface area (Å²) in [5.41, 5.74) is 5.63. The lowest BCUT2D eigenvalue weighted by molar-refractivity contribution is -0.148. The molecule has 0 bridgehead atoms. The van der Waals surface area contributed by atoms with Crippen LogP contribution < -0.4 is 16.4 Å². The lowest BCUT2D eigenvalue weighted by Gasteiger charge is -2.31. The standard InChI is InChI=1S/C18H30N4O9/c1-8(23)13(20-15(27)10(19)5-6-12(25)26)17(29)22-7-3-4-11(22)16(28)21-14(9(2)24)18(30)31/h8-11,13-14,23-24H,3-7,19H2,1-2H3,(H,20,27)(H,21,28)(H,25,26)(H,30,31). The number of hydrogen-bond donors (Lipinski definition) is 7. The minimum absolute atomic E-state index is 0.132. The summed E-state index contributed by atoms with van der Waals surface area (Å²) in [4.78, 5) is 60.7. The summed E-state index contributed by atoms with van der Waals surface area (Å²) < 4.78 is 0. The van der Waals surface area contributed by atoms with Crippen LogP contribution in [0.4, 0.5) is 0 Å². The van der Waals surface area contributed by atoms with Crippen LogP contribution in [-0.2, 0) is 24.0 Å². The lowest BCUT2D eigenvalue weighted by atomic mass is 10.1. The second-order valence-corrected chi connectivity index (χ2v) is 7.52. The zero-order valence-electron chi connectivity index (χ0n) is 17.4. The molecule has 0 aromatic heterocycles. The monoisotopic (exact) mass is 446 g/mol. The third-order valence-electron chi connectivity index (χ3n) is 4.94. The summed E-state index contributed by atoms with van der Waals surface area (Å²) in [7, 11) is 0. The maximum Gasteiger partial charge on any atom is 0.328 e. The number of nitrogens with one attached hydrogen (secondary N) is 2. The van der Waals surface area contributed by atoms with Crippen molar-refractivity contribution in [2.24, 2.45) is 5.73 Å². The maximum absolute atomic E-state index is 13.0. The molecule has 13 nitrogen and oxygen atoms in total. The second-order valence-electron chi connectivity index (χ2n) is 7.52. The van der Waals surface area contributed by atoms with Crippen LogP contribution in [0.25, 0.3) is 0 Å². The molecule has 0 aliphatic carbocycles. The van der Waals surface area contributed by atoms with E-state index in [9.17, 15) is 34.2 Å². The number of carbonyl (C=O) groups is 5. The first-order chi connectivity index (χ1) is 14.4. The van der Waals surface area contributed by atoms with Crippen LogP contribution in [0.15, 0.2) is 0 Å². The Morgan fingerprint density at radius 3 is 2.10 bits per heavy atom. The van der Waals surface area contributed by atoms with Crippen molar-refractivity contribution >= 4 is 29.7 Å². The Morgan fingerprint density at radius 1 is 1.03 bits per heavy atom. The van der Waals surface area contributed by atoms with Gasteiger partial charge in [0.2, 0.25) is 17.7 Å². The Bertz CT molecular complexity index is 698. The molecule has 1 rings (SSSR count). The molecular formula is C18H30N4O9. The van der Waals surface area contributed by atoms with Crippen molar-refractivity contribution in [3.05, 3.63) is 0 Å². The van der Waals surface area contributed by atoms with Gasteiger partial charge in [0, 0.05) is 13.0 Å². The fourth-order valence-corrected chi connectivity index (χ4v) is 3.18. The Labute approximate surface area is 178 Å². The van der Waals surface area contributed by atoms with E-state index in [2.05, 4.69) is 10.6 Å². The van der Waals surface area contributed by atoms with Crippen LogP contribution >= 0.6 is 0 Å². The molecule has 13 heteroatoms. The number of carbonyl (C=O) groups excluding carboxylic acids is 3. The summed E-state index contributed by atoms with van der Waals surface area (Å²) in [6.45, 7) is 2.58. The first kappa shape index (κ1) is 26.3. The van der Waals surface area contributed by atoms with Gasteiger partial charge in [0.1, 0.15) is 12.1 Å². The highest BCUT2D eigenvalue weighted by molar-refractivity contribution is 5.95. The predicted molar refractivity (Wildman–Crippen MR) is 104 cm³/mol. The van der Waals surface area contributed by atoms with Gasteiger partial charge < -0.3 is 41.7 Å². The average Bonchev–Trinajstić information content (AvgIpc) is 3.16. The van der Waals surface area contributed by atoms with Crippen molar-refractivity contribution in [1.29, 1.82) is 0 Å². The molecule has 8 N–H and O–H groups in total. The Balaban J connectivity index is 2.89. The molecule has 0 radical (unpaired) electrons. The fraction of sp³-hybridized carbons (Fsp3) is 0.722. The molecular weight excluding hydrogens is 416 g/mol. The van der Waals surface area contributed by atoms with Crippen LogP contribution in [0, 0.1) is 0 Å². The molecule has 1 aliphatic heterocycles. The SMILES string of the molecule is CC(O)C(NC(=O)C1CCCN1C(=O)C(NC(=O)C(N)CCC(=O)O)C(C)O)C(=O)O. The molecule has 0 saturated carbocycles. The van der Waals surface area contributed by atoms with Gasteiger partial charge in [-0.3, -0.25) is 19.2 Å². The van der Waals surface area contributed by atoms with Crippen LogP contribution in [0.3, 0.4) is 0 Å². The lowest BCUT2D eigenvalue weighted by Crippen LogP contribution is -2.60. The minimum Gasteiger partial charge on any atom is -0.481 e. The van der Waals surface area contributed by atoms with Gasteiger partial charge in [-0.1, -0.05) is 0 Å². The molecule has 3 amide bonds. The highest BCUT2D eigenvalue weighted by Crippen LogP contribution is 2.20. The van der Waals surface area contributed by atoms with Gasteiger partial charge in [0.25, 0.3) is 0 Å². The van der Waals surface area contributed by atoms with Gasteiger partial charge >= 0.3 is 11.9 Å². The number of nitrogens with two attached hydrogens (primary N) is 1. The number of aliphatic hydroxyl groups excluding tert-OH is 2. The van der Waals surface area contributed by atoms with Crippen molar-refractivity contribution < 1.29 is 44.4 Å². The summed E-state index contributed by atoms with van der Waals surface area (Å²) in [6, 6.07) is -5.27. The van der Waals surface area contributed by atoms with Gasteiger partial charge in [-0.15, -0.1) is 0 Å². The van der Waals surface area contributed by atoms with E-state index in [4.69, 9.17) is 15.9 Å². The molecule has 0 aromatic rings. The normalized spacial score (nSPS) is 20.8.